The fraction of sp³-hybridized carbons (Fsp3) is 0.600. The summed E-state index contributed by atoms with van der Waals surface area (Å²) in [6.45, 7) is 3.47. The maximum absolute atomic E-state index is 11.4. The zero-order valence-corrected chi connectivity index (χ0v) is 10.8. The van der Waals surface area contributed by atoms with Gasteiger partial charge in [0, 0.05) is 16.1 Å². The number of esters is 1. The van der Waals surface area contributed by atoms with Crippen LogP contribution in [0.2, 0.25) is 0 Å². The number of aliphatic hydroxyl groups is 1. The van der Waals surface area contributed by atoms with E-state index in [0.717, 1.165) is 4.24 Å². The van der Waals surface area contributed by atoms with E-state index in [4.69, 9.17) is 4.74 Å². The summed E-state index contributed by atoms with van der Waals surface area (Å²) in [7, 11) is 0. The highest BCUT2D eigenvalue weighted by Crippen LogP contribution is 2.40. The number of hydrogen-bond acceptors (Lipinski definition) is 6. The van der Waals surface area contributed by atoms with Crippen LogP contribution in [0.1, 0.15) is 20.3 Å². The SMILES string of the molecule is CC(C)OC(=O)CC(=O)/C=C1\SCC(O)S1. The number of ketones is 1. The molecule has 6 heteroatoms. The highest BCUT2D eigenvalue weighted by Gasteiger charge is 2.20. The van der Waals surface area contributed by atoms with Gasteiger partial charge in [0.2, 0.25) is 0 Å². The molecule has 0 radical (unpaired) electrons. The lowest BCUT2D eigenvalue weighted by Gasteiger charge is -2.05. The van der Waals surface area contributed by atoms with Crippen molar-refractivity contribution in [3.05, 3.63) is 10.3 Å². The average molecular weight is 262 g/mol. The van der Waals surface area contributed by atoms with E-state index in [1.165, 1.54) is 29.6 Å². The first-order chi connectivity index (χ1) is 7.47. The first-order valence-corrected chi connectivity index (χ1v) is 6.75. The summed E-state index contributed by atoms with van der Waals surface area (Å²) in [5.41, 5.74) is -0.452. The topological polar surface area (TPSA) is 63.6 Å². The second-order valence-electron chi connectivity index (χ2n) is 3.53. The Hall–Kier alpha value is -0.460. The van der Waals surface area contributed by atoms with E-state index in [1.807, 2.05) is 0 Å². The smallest absolute Gasteiger partial charge is 0.313 e. The standard InChI is InChI=1S/C10H14O4S2/c1-6(2)14-8(12)3-7(11)4-10-15-5-9(13)16-10/h4,6,9,13H,3,5H2,1-2H3/b10-4+. The Kier molecular flexibility index (Phi) is 5.37. The van der Waals surface area contributed by atoms with Gasteiger partial charge < -0.3 is 9.84 Å². The molecule has 1 unspecified atom stereocenters. The van der Waals surface area contributed by atoms with Crippen LogP contribution in [0, 0.1) is 0 Å². The Morgan fingerprint density at radius 3 is 2.81 bits per heavy atom. The molecular weight excluding hydrogens is 248 g/mol. The van der Waals surface area contributed by atoms with Gasteiger partial charge in [-0.2, -0.15) is 0 Å². The van der Waals surface area contributed by atoms with E-state index < -0.39 is 11.4 Å². The van der Waals surface area contributed by atoms with Crippen molar-refractivity contribution in [1.29, 1.82) is 0 Å². The summed E-state index contributed by atoms with van der Waals surface area (Å²) in [4.78, 5) is 22.6. The second kappa shape index (κ2) is 6.32. The summed E-state index contributed by atoms with van der Waals surface area (Å²) in [5.74, 6) is -0.208. The van der Waals surface area contributed by atoms with Gasteiger partial charge in [0.1, 0.15) is 11.9 Å². The number of thioether (sulfide) groups is 2. The third-order valence-electron chi connectivity index (χ3n) is 1.58. The second-order valence-corrected chi connectivity index (χ2v) is 6.07. The van der Waals surface area contributed by atoms with Gasteiger partial charge in [0.05, 0.1) is 6.10 Å². The van der Waals surface area contributed by atoms with Gasteiger partial charge >= 0.3 is 5.97 Å². The Labute approximate surface area is 103 Å². The maximum atomic E-state index is 11.4. The lowest BCUT2D eigenvalue weighted by atomic mass is 10.3. The molecule has 1 fully saturated rings. The summed E-state index contributed by atoms with van der Waals surface area (Å²) < 4.78 is 5.61. The molecule has 0 aromatic heterocycles. The van der Waals surface area contributed by atoms with Crippen molar-refractivity contribution in [2.45, 2.75) is 31.8 Å². The molecule has 1 heterocycles. The molecule has 1 N–H and O–H groups in total. The van der Waals surface area contributed by atoms with Crippen LogP contribution in [0.4, 0.5) is 0 Å². The summed E-state index contributed by atoms with van der Waals surface area (Å²) in [6.07, 6.45) is 0.955. The van der Waals surface area contributed by atoms with Crippen molar-refractivity contribution < 1.29 is 19.4 Å². The number of rotatable bonds is 4. The van der Waals surface area contributed by atoms with Crippen LogP contribution in [0.5, 0.6) is 0 Å². The summed E-state index contributed by atoms with van der Waals surface area (Å²) in [6, 6.07) is 0. The Bertz CT molecular complexity index is 312. The van der Waals surface area contributed by atoms with Crippen molar-refractivity contribution in [2.75, 3.05) is 5.75 Å². The number of carbonyl (C=O) groups is 2. The van der Waals surface area contributed by atoms with Crippen molar-refractivity contribution in [3.8, 4) is 0 Å². The van der Waals surface area contributed by atoms with Crippen molar-refractivity contribution in [3.63, 3.8) is 0 Å². The molecule has 0 spiro atoms. The fourth-order valence-electron chi connectivity index (χ4n) is 1.06. The Morgan fingerprint density at radius 1 is 1.62 bits per heavy atom. The highest BCUT2D eigenvalue weighted by molar-refractivity contribution is 8.25. The monoisotopic (exact) mass is 262 g/mol. The third-order valence-corrected chi connectivity index (χ3v) is 4.11. The van der Waals surface area contributed by atoms with Gasteiger partial charge in [-0.25, -0.2) is 0 Å². The van der Waals surface area contributed by atoms with Gasteiger partial charge in [-0.15, -0.1) is 11.8 Å². The lowest BCUT2D eigenvalue weighted by Crippen LogP contribution is -2.14. The minimum absolute atomic E-state index is 0.204. The molecule has 0 aromatic rings. The predicted octanol–water partition coefficient (Wildman–Crippen LogP) is 1.54. The van der Waals surface area contributed by atoms with Crippen LogP contribution in [-0.4, -0.2) is 34.2 Å². The third kappa shape index (κ3) is 5.05. The van der Waals surface area contributed by atoms with Crippen LogP contribution in [0.15, 0.2) is 10.3 Å². The first kappa shape index (κ1) is 13.6. The molecule has 0 amide bonds. The van der Waals surface area contributed by atoms with E-state index in [1.54, 1.807) is 13.8 Å². The molecule has 90 valence electrons. The molecule has 0 aromatic carbocycles. The molecule has 1 aliphatic heterocycles. The van der Waals surface area contributed by atoms with Crippen LogP contribution in [0.25, 0.3) is 0 Å². The van der Waals surface area contributed by atoms with Crippen molar-refractivity contribution in [1.82, 2.24) is 0 Å². The van der Waals surface area contributed by atoms with E-state index in [0.29, 0.717) is 5.75 Å². The summed E-state index contributed by atoms with van der Waals surface area (Å²) >= 11 is 2.66. The Balaban J connectivity index is 2.38. The summed E-state index contributed by atoms with van der Waals surface area (Å²) in [5, 5.41) is 9.21. The van der Waals surface area contributed by atoms with Crippen LogP contribution < -0.4 is 0 Å². The highest BCUT2D eigenvalue weighted by atomic mass is 32.2. The van der Waals surface area contributed by atoms with Gasteiger partial charge in [0.25, 0.3) is 0 Å². The number of carbonyl (C=O) groups excluding carboxylic acids is 2. The number of hydrogen-bond donors (Lipinski definition) is 1. The van der Waals surface area contributed by atoms with E-state index in [-0.39, 0.29) is 18.3 Å². The first-order valence-electron chi connectivity index (χ1n) is 4.89. The maximum Gasteiger partial charge on any atom is 0.313 e. The lowest BCUT2D eigenvalue weighted by molar-refractivity contribution is -0.148. The van der Waals surface area contributed by atoms with Gasteiger partial charge in [-0.1, -0.05) is 11.8 Å². The molecule has 16 heavy (non-hydrogen) atoms. The molecule has 1 saturated heterocycles. The molecule has 1 aliphatic rings. The molecule has 0 aliphatic carbocycles. The zero-order chi connectivity index (χ0) is 12.1. The minimum atomic E-state index is -0.509. The van der Waals surface area contributed by atoms with Gasteiger partial charge in [-0.3, -0.25) is 9.59 Å². The number of allylic oxidation sites excluding steroid dienone is 1. The van der Waals surface area contributed by atoms with Gasteiger partial charge in [-0.05, 0) is 13.8 Å². The molecule has 4 nitrogen and oxygen atoms in total. The van der Waals surface area contributed by atoms with E-state index in [2.05, 4.69) is 0 Å². The number of ether oxygens (including phenoxy) is 1. The molecule has 1 rings (SSSR count). The molecule has 1 atom stereocenters. The molecular formula is C10H14O4S2. The minimum Gasteiger partial charge on any atom is -0.463 e. The van der Waals surface area contributed by atoms with Crippen LogP contribution >= 0.6 is 23.5 Å². The Morgan fingerprint density at radius 2 is 2.31 bits per heavy atom. The average Bonchev–Trinajstić information content (AvgIpc) is 2.48. The molecule has 0 saturated carbocycles. The number of aliphatic hydroxyl groups excluding tert-OH is 1. The fourth-order valence-corrected chi connectivity index (χ4v) is 3.34. The largest absolute Gasteiger partial charge is 0.463 e. The van der Waals surface area contributed by atoms with Crippen molar-refractivity contribution in [2.24, 2.45) is 0 Å². The normalized spacial score (nSPS) is 22.8. The van der Waals surface area contributed by atoms with Gasteiger partial charge in [0.15, 0.2) is 5.78 Å². The molecule has 0 bridgehead atoms. The van der Waals surface area contributed by atoms with E-state index in [9.17, 15) is 14.7 Å². The van der Waals surface area contributed by atoms with Crippen LogP contribution in [0.3, 0.4) is 0 Å². The van der Waals surface area contributed by atoms with Crippen molar-refractivity contribution >= 4 is 35.3 Å². The zero-order valence-electron chi connectivity index (χ0n) is 9.13. The van der Waals surface area contributed by atoms with Crippen LogP contribution in [-0.2, 0) is 14.3 Å². The quantitative estimate of drug-likeness (QED) is 0.471. The van der Waals surface area contributed by atoms with E-state index >= 15 is 0 Å². The predicted molar refractivity (Wildman–Crippen MR) is 65.0 cm³/mol.